The summed E-state index contributed by atoms with van der Waals surface area (Å²) in [7, 11) is 2.48. The van der Waals surface area contributed by atoms with E-state index in [0.29, 0.717) is 23.4 Å². The molecule has 0 bridgehead atoms. The van der Waals surface area contributed by atoms with Crippen LogP contribution in [0.1, 0.15) is 12.6 Å². The molecule has 8 heteroatoms. The third kappa shape index (κ3) is 2.41. The summed E-state index contributed by atoms with van der Waals surface area (Å²) in [5, 5.41) is 1.63. The van der Waals surface area contributed by atoms with Crippen molar-refractivity contribution in [3.05, 3.63) is 35.7 Å². The Morgan fingerprint density at radius 3 is 2.29 bits per heavy atom. The Hall–Kier alpha value is -3.16. The summed E-state index contributed by atoms with van der Waals surface area (Å²) in [5.41, 5.74) is 4.43. The molecule has 1 aromatic heterocycles. The largest absolute Gasteiger partial charge is 0.465 e. The molecule has 0 amide bonds. The first kappa shape index (κ1) is 15.7. The molecule has 0 fully saturated rings. The van der Waals surface area contributed by atoms with Crippen LogP contribution in [0.5, 0.6) is 0 Å². The second-order valence-corrected chi connectivity index (χ2v) is 4.97. The minimum Gasteiger partial charge on any atom is -0.465 e. The molecule has 124 valence electrons. The van der Waals surface area contributed by atoms with Gasteiger partial charge in [-0.05, 0) is 19.1 Å². The molecule has 1 N–H and O–H groups in total. The molecule has 0 spiro atoms. The second-order valence-electron chi connectivity index (χ2n) is 4.97. The van der Waals surface area contributed by atoms with Crippen molar-refractivity contribution in [3.8, 4) is 0 Å². The van der Waals surface area contributed by atoms with Crippen LogP contribution >= 0.6 is 0 Å². The van der Waals surface area contributed by atoms with Crippen molar-refractivity contribution in [3.63, 3.8) is 0 Å². The number of anilines is 1. The van der Waals surface area contributed by atoms with Crippen molar-refractivity contribution in [2.75, 3.05) is 25.8 Å². The van der Waals surface area contributed by atoms with Crippen LogP contribution in [-0.4, -0.2) is 42.7 Å². The van der Waals surface area contributed by atoms with Crippen LogP contribution in [0.15, 0.2) is 30.0 Å². The van der Waals surface area contributed by atoms with Gasteiger partial charge in [0, 0.05) is 6.54 Å². The van der Waals surface area contributed by atoms with Crippen molar-refractivity contribution in [1.82, 2.24) is 15.4 Å². The van der Waals surface area contributed by atoms with Gasteiger partial charge in [-0.1, -0.05) is 12.1 Å². The smallest absolute Gasteiger partial charge is 0.356 e. The van der Waals surface area contributed by atoms with Crippen LogP contribution in [0.25, 0.3) is 16.6 Å². The number of aromatic nitrogens is 2. The normalized spacial score (nSPS) is 13.4. The van der Waals surface area contributed by atoms with E-state index in [1.807, 2.05) is 25.1 Å². The van der Waals surface area contributed by atoms with Crippen molar-refractivity contribution in [2.24, 2.45) is 0 Å². The molecule has 8 nitrogen and oxygen atoms in total. The number of para-hydroxylation sites is 2. The standard InChI is InChI=1S/C16H16N4O4/c1-4-20-14-12(17-9-7-5-6-8-10(9)18-14)11(15(21)23-2)13(19-20)16(22)24-3/h5-8,19H,4H2,1-3H3. The zero-order valence-electron chi connectivity index (χ0n) is 13.5. The molecule has 1 aromatic carbocycles. The first-order valence-corrected chi connectivity index (χ1v) is 7.33. The highest BCUT2D eigenvalue weighted by Gasteiger charge is 2.35. The third-order valence-electron chi connectivity index (χ3n) is 3.64. The molecular weight excluding hydrogens is 312 g/mol. The average molecular weight is 328 g/mol. The van der Waals surface area contributed by atoms with Gasteiger partial charge in [0.2, 0.25) is 0 Å². The SMILES string of the molecule is CCN1NC(C(=O)OC)=C(C(=O)OC)c2nc3ccccc3nc21. The monoisotopic (exact) mass is 328 g/mol. The van der Waals surface area contributed by atoms with Gasteiger partial charge >= 0.3 is 11.9 Å². The summed E-state index contributed by atoms with van der Waals surface area (Å²) in [6.07, 6.45) is 0. The van der Waals surface area contributed by atoms with E-state index >= 15 is 0 Å². The Bertz CT molecular complexity index is 862. The molecule has 0 radical (unpaired) electrons. The third-order valence-corrected chi connectivity index (χ3v) is 3.64. The van der Waals surface area contributed by atoms with E-state index in [1.165, 1.54) is 14.2 Å². The van der Waals surface area contributed by atoms with Gasteiger partial charge in [0.1, 0.15) is 11.3 Å². The molecule has 0 unspecified atom stereocenters. The number of hydrazine groups is 1. The fourth-order valence-electron chi connectivity index (χ4n) is 2.49. The number of fused-ring (bicyclic) bond motifs is 2. The van der Waals surface area contributed by atoms with Crippen LogP contribution in [0, 0.1) is 0 Å². The van der Waals surface area contributed by atoms with Gasteiger partial charge < -0.3 is 9.47 Å². The van der Waals surface area contributed by atoms with Crippen molar-refractivity contribution >= 4 is 34.4 Å². The van der Waals surface area contributed by atoms with Crippen LogP contribution in [0.3, 0.4) is 0 Å². The number of hydrogen-bond acceptors (Lipinski definition) is 8. The molecule has 2 aromatic rings. The number of rotatable bonds is 3. The number of ether oxygens (including phenoxy) is 2. The molecule has 0 saturated carbocycles. The lowest BCUT2D eigenvalue weighted by Crippen LogP contribution is -2.45. The zero-order chi connectivity index (χ0) is 17.3. The van der Waals surface area contributed by atoms with Gasteiger partial charge in [-0.25, -0.2) is 19.6 Å². The molecular formula is C16H16N4O4. The Labute approximate surface area is 138 Å². The predicted molar refractivity (Wildman–Crippen MR) is 86.6 cm³/mol. The zero-order valence-corrected chi connectivity index (χ0v) is 13.5. The number of nitrogens with one attached hydrogen (secondary N) is 1. The predicted octanol–water partition coefficient (Wildman–Crippen LogP) is 1.03. The highest BCUT2D eigenvalue weighted by atomic mass is 16.5. The summed E-state index contributed by atoms with van der Waals surface area (Å²) in [6, 6.07) is 7.29. The topological polar surface area (TPSA) is 93.7 Å². The minimum absolute atomic E-state index is 0.00213. The van der Waals surface area contributed by atoms with E-state index in [9.17, 15) is 9.59 Å². The van der Waals surface area contributed by atoms with Crippen LogP contribution in [0.2, 0.25) is 0 Å². The van der Waals surface area contributed by atoms with Gasteiger partial charge in [0.05, 0.1) is 25.3 Å². The number of hydrogen-bond donors (Lipinski definition) is 1. The molecule has 0 saturated heterocycles. The first-order chi connectivity index (χ1) is 11.6. The van der Waals surface area contributed by atoms with E-state index in [2.05, 4.69) is 15.4 Å². The number of methoxy groups -OCH3 is 2. The highest BCUT2D eigenvalue weighted by molar-refractivity contribution is 6.24. The average Bonchev–Trinajstić information content (AvgIpc) is 2.63. The summed E-state index contributed by atoms with van der Waals surface area (Å²) < 4.78 is 9.59. The number of carbonyl (C=O) groups excluding carboxylic acids is 2. The maximum atomic E-state index is 12.3. The highest BCUT2D eigenvalue weighted by Crippen LogP contribution is 2.32. The van der Waals surface area contributed by atoms with Crippen molar-refractivity contribution in [1.29, 1.82) is 0 Å². The second kappa shape index (κ2) is 6.15. The summed E-state index contributed by atoms with van der Waals surface area (Å²) in [4.78, 5) is 33.5. The number of esters is 2. The Kier molecular flexibility index (Phi) is 4.03. The van der Waals surface area contributed by atoms with Crippen LogP contribution in [-0.2, 0) is 19.1 Å². The lowest BCUT2D eigenvalue weighted by molar-refractivity contribution is -0.138. The lowest BCUT2D eigenvalue weighted by Gasteiger charge is -2.31. The van der Waals surface area contributed by atoms with Crippen LogP contribution in [0.4, 0.5) is 5.82 Å². The maximum absolute atomic E-state index is 12.3. The van der Waals surface area contributed by atoms with Crippen LogP contribution < -0.4 is 10.4 Å². The molecule has 1 aliphatic rings. The fourth-order valence-corrected chi connectivity index (χ4v) is 2.49. The molecule has 0 aliphatic carbocycles. The molecule has 0 atom stereocenters. The van der Waals surface area contributed by atoms with Gasteiger partial charge in [0.15, 0.2) is 11.5 Å². The summed E-state index contributed by atoms with van der Waals surface area (Å²) in [6.45, 7) is 2.38. The van der Waals surface area contributed by atoms with E-state index in [4.69, 9.17) is 9.47 Å². The lowest BCUT2D eigenvalue weighted by atomic mass is 10.1. The van der Waals surface area contributed by atoms with E-state index < -0.39 is 11.9 Å². The van der Waals surface area contributed by atoms with Gasteiger partial charge in [-0.3, -0.25) is 10.4 Å². The maximum Gasteiger partial charge on any atom is 0.356 e. The summed E-state index contributed by atoms with van der Waals surface area (Å²) >= 11 is 0. The Balaban J connectivity index is 2.33. The molecule has 1 aliphatic heterocycles. The number of benzene rings is 1. The summed E-state index contributed by atoms with van der Waals surface area (Å²) in [5.74, 6) is -0.928. The Morgan fingerprint density at radius 1 is 1.08 bits per heavy atom. The number of carbonyl (C=O) groups is 2. The van der Waals surface area contributed by atoms with Gasteiger partial charge in [-0.2, -0.15) is 0 Å². The van der Waals surface area contributed by atoms with Gasteiger partial charge in [-0.15, -0.1) is 0 Å². The molecule has 2 heterocycles. The quantitative estimate of drug-likeness (QED) is 0.835. The fraction of sp³-hybridized carbons (Fsp3) is 0.250. The van der Waals surface area contributed by atoms with Gasteiger partial charge in [0.25, 0.3) is 0 Å². The first-order valence-electron chi connectivity index (χ1n) is 7.33. The molecule has 24 heavy (non-hydrogen) atoms. The van der Waals surface area contributed by atoms with Crippen molar-refractivity contribution < 1.29 is 19.1 Å². The number of nitrogens with zero attached hydrogens (tertiary/aromatic N) is 3. The van der Waals surface area contributed by atoms with E-state index in [-0.39, 0.29) is 17.0 Å². The van der Waals surface area contributed by atoms with E-state index in [0.717, 1.165) is 0 Å². The Morgan fingerprint density at radius 2 is 1.71 bits per heavy atom. The van der Waals surface area contributed by atoms with E-state index in [1.54, 1.807) is 11.1 Å². The van der Waals surface area contributed by atoms with Crippen molar-refractivity contribution in [2.45, 2.75) is 6.92 Å². The minimum atomic E-state index is -0.690. The molecule has 3 rings (SSSR count).